The summed E-state index contributed by atoms with van der Waals surface area (Å²) in [5.74, 6) is 3.65. The molecule has 1 nitrogen and oxygen atoms in total. The maximum absolute atomic E-state index is 4.39. The third-order valence-electron chi connectivity index (χ3n) is 8.94. The highest BCUT2D eigenvalue weighted by atomic mass is 14.6. The van der Waals surface area contributed by atoms with Gasteiger partial charge in [0.2, 0.25) is 0 Å². The minimum atomic E-state index is 0.245. The van der Waals surface area contributed by atoms with Crippen molar-refractivity contribution in [1.29, 1.82) is 0 Å². The van der Waals surface area contributed by atoms with Gasteiger partial charge in [-0.25, -0.2) is 0 Å². The number of aromatic nitrogens is 1. The topological polar surface area (TPSA) is 12.9 Å². The first-order chi connectivity index (χ1) is 12.5. The van der Waals surface area contributed by atoms with Crippen molar-refractivity contribution in [3.8, 4) is 0 Å². The zero-order valence-corrected chi connectivity index (χ0v) is 16.7. The first-order valence-electron chi connectivity index (χ1n) is 10.9. The second kappa shape index (κ2) is 5.81. The van der Waals surface area contributed by atoms with E-state index in [4.69, 9.17) is 0 Å². The highest BCUT2D eigenvalue weighted by Crippen LogP contribution is 2.66. The fourth-order valence-electron chi connectivity index (χ4n) is 7.40. The molecule has 3 fully saturated rings. The zero-order valence-electron chi connectivity index (χ0n) is 16.7. The van der Waals surface area contributed by atoms with Crippen LogP contribution >= 0.6 is 0 Å². The largest absolute Gasteiger partial charge is 0.264 e. The van der Waals surface area contributed by atoms with Gasteiger partial charge in [-0.15, -0.1) is 0 Å². The molecule has 0 amide bonds. The predicted molar refractivity (Wildman–Crippen MR) is 108 cm³/mol. The fourth-order valence-corrected chi connectivity index (χ4v) is 7.40. The SMILES string of the molecule is C[C@H]1CC[C@@]2(C)C(CC[C@H]3C4=CC=C(c5cccnc5)[C@@]4(C)CC[C@@H]32)C1. The summed E-state index contributed by atoms with van der Waals surface area (Å²) in [6.07, 6.45) is 18.9. The number of fused-ring (bicyclic) bond motifs is 5. The highest BCUT2D eigenvalue weighted by Gasteiger charge is 2.56. The summed E-state index contributed by atoms with van der Waals surface area (Å²) in [5, 5.41) is 0. The molecular weight excluding hydrogens is 314 g/mol. The Hall–Kier alpha value is -1.37. The average molecular weight is 348 g/mol. The summed E-state index contributed by atoms with van der Waals surface area (Å²) in [6, 6.07) is 4.33. The molecule has 1 heteroatoms. The summed E-state index contributed by atoms with van der Waals surface area (Å²) < 4.78 is 0. The minimum absolute atomic E-state index is 0.245. The highest BCUT2D eigenvalue weighted by molar-refractivity contribution is 5.78. The second-order valence-electron chi connectivity index (χ2n) is 10.2. The van der Waals surface area contributed by atoms with Crippen LogP contribution in [-0.2, 0) is 0 Å². The lowest BCUT2D eigenvalue weighted by Gasteiger charge is -2.59. The van der Waals surface area contributed by atoms with Crippen LogP contribution in [0.4, 0.5) is 0 Å². The minimum Gasteiger partial charge on any atom is -0.264 e. The van der Waals surface area contributed by atoms with E-state index in [1.165, 1.54) is 56.1 Å². The molecule has 26 heavy (non-hydrogen) atoms. The van der Waals surface area contributed by atoms with Crippen molar-refractivity contribution in [2.75, 3.05) is 0 Å². The molecule has 4 aliphatic rings. The van der Waals surface area contributed by atoms with Crippen LogP contribution in [0.15, 0.2) is 42.3 Å². The van der Waals surface area contributed by atoms with Gasteiger partial charge in [0, 0.05) is 17.8 Å². The Morgan fingerprint density at radius 1 is 1.04 bits per heavy atom. The molecule has 0 aliphatic heterocycles. The molecule has 5 rings (SSSR count). The van der Waals surface area contributed by atoms with E-state index < -0.39 is 0 Å². The molecular formula is C25H33N. The summed E-state index contributed by atoms with van der Waals surface area (Å²) >= 11 is 0. The van der Waals surface area contributed by atoms with Crippen LogP contribution in [0.2, 0.25) is 0 Å². The number of hydrogen-bond acceptors (Lipinski definition) is 1. The standard InChI is InChI=1S/C25H33N/c1-17-10-12-24(2)19(15-17)6-7-20-22-9-8-21(18-5-4-14-26-16-18)25(22,3)13-11-23(20)24/h4-5,8-9,14,16-17,19-20,23H,6-7,10-13,15H2,1-3H3/t17-,19?,20-,23-,24-,25+/m0/s1. The number of hydrogen-bond donors (Lipinski definition) is 0. The molecule has 1 aromatic rings. The lowest BCUT2D eigenvalue weighted by atomic mass is 9.45. The first kappa shape index (κ1) is 16.8. The maximum Gasteiger partial charge on any atom is 0.0343 e. The van der Waals surface area contributed by atoms with E-state index in [1.807, 2.05) is 6.20 Å². The van der Waals surface area contributed by atoms with E-state index in [2.05, 4.69) is 56.2 Å². The fraction of sp³-hybridized carbons (Fsp3) is 0.640. The molecule has 0 N–H and O–H groups in total. The van der Waals surface area contributed by atoms with Crippen molar-refractivity contribution in [2.45, 2.75) is 65.7 Å². The molecule has 1 heterocycles. The number of pyridine rings is 1. The van der Waals surface area contributed by atoms with Gasteiger partial charge in [-0.05, 0) is 84.8 Å². The van der Waals surface area contributed by atoms with Gasteiger partial charge in [0.15, 0.2) is 0 Å². The summed E-state index contributed by atoms with van der Waals surface area (Å²) in [6.45, 7) is 7.65. The Morgan fingerprint density at radius 2 is 1.92 bits per heavy atom. The third kappa shape index (κ3) is 2.25. The Labute approximate surface area is 159 Å². The maximum atomic E-state index is 4.39. The van der Waals surface area contributed by atoms with Gasteiger partial charge in [-0.3, -0.25) is 4.98 Å². The lowest BCUT2D eigenvalue weighted by Crippen LogP contribution is -2.50. The molecule has 6 atom stereocenters. The number of allylic oxidation sites excluding steroid dienone is 4. The van der Waals surface area contributed by atoms with Crippen molar-refractivity contribution in [1.82, 2.24) is 4.98 Å². The van der Waals surface area contributed by atoms with E-state index in [0.717, 1.165) is 23.7 Å². The van der Waals surface area contributed by atoms with Gasteiger partial charge >= 0.3 is 0 Å². The molecule has 4 aliphatic carbocycles. The molecule has 0 bridgehead atoms. The normalized spacial score (nSPS) is 44.4. The van der Waals surface area contributed by atoms with Crippen molar-refractivity contribution in [2.24, 2.45) is 34.5 Å². The molecule has 3 saturated carbocycles. The van der Waals surface area contributed by atoms with E-state index in [-0.39, 0.29) is 5.41 Å². The summed E-state index contributed by atoms with van der Waals surface area (Å²) in [4.78, 5) is 4.39. The summed E-state index contributed by atoms with van der Waals surface area (Å²) in [5.41, 5.74) is 5.44. The van der Waals surface area contributed by atoms with E-state index in [1.54, 1.807) is 5.57 Å². The lowest BCUT2D eigenvalue weighted by molar-refractivity contribution is -0.0579. The van der Waals surface area contributed by atoms with Crippen LogP contribution in [-0.4, -0.2) is 4.98 Å². The van der Waals surface area contributed by atoms with Crippen LogP contribution in [0.5, 0.6) is 0 Å². The second-order valence-corrected chi connectivity index (χ2v) is 10.2. The molecule has 1 unspecified atom stereocenters. The zero-order chi connectivity index (χ0) is 17.9. The van der Waals surface area contributed by atoms with Crippen LogP contribution < -0.4 is 0 Å². The Balaban J connectivity index is 1.46. The predicted octanol–water partition coefficient (Wildman–Crippen LogP) is 6.67. The number of nitrogens with zero attached hydrogens (tertiary/aromatic N) is 1. The Bertz CT molecular complexity index is 760. The third-order valence-corrected chi connectivity index (χ3v) is 8.94. The van der Waals surface area contributed by atoms with Gasteiger partial charge in [-0.2, -0.15) is 0 Å². The summed E-state index contributed by atoms with van der Waals surface area (Å²) in [7, 11) is 0. The van der Waals surface area contributed by atoms with Crippen molar-refractivity contribution in [3.63, 3.8) is 0 Å². The molecule has 1 aromatic heterocycles. The Morgan fingerprint density at radius 3 is 2.73 bits per heavy atom. The molecule has 138 valence electrons. The van der Waals surface area contributed by atoms with Crippen LogP contribution in [0.25, 0.3) is 5.57 Å². The van der Waals surface area contributed by atoms with Crippen molar-refractivity contribution >= 4 is 5.57 Å². The van der Waals surface area contributed by atoms with E-state index in [9.17, 15) is 0 Å². The van der Waals surface area contributed by atoms with Crippen LogP contribution in [0, 0.1) is 34.5 Å². The van der Waals surface area contributed by atoms with Gasteiger partial charge in [0.05, 0.1) is 0 Å². The first-order valence-corrected chi connectivity index (χ1v) is 10.9. The van der Waals surface area contributed by atoms with Crippen LogP contribution in [0.1, 0.15) is 71.3 Å². The van der Waals surface area contributed by atoms with Gasteiger partial charge in [-0.1, -0.05) is 51.0 Å². The van der Waals surface area contributed by atoms with Gasteiger partial charge < -0.3 is 0 Å². The quantitative estimate of drug-likeness (QED) is 0.552. The molecule has 0 spiro atoms. The Kier molecular flexibility index (Phi) is 3.75. The smallest absolute Gasteiger partial charge is 0.0343 e. The van der Waals surface area contributed by atoms with Crippen molar-refractivity contribution < 1.29 is 0 Å². The molecule has 0 saturated heterocycles. The monoisotopic (exact) mass is 347 g/mol. The van der Waals surface area contributed by atoms with Crippen LogP contribution in [0.3, 0.4) is 0 Å². The molecule has 0 aromatic carbocycles. The van der Waals surface area contributed by atoms with Gasteiger partial charge in [0.25, 0.3) is 0 Å². The van der Waals surface area contributed by atoms with E-state index in [0.29, 0.717) is 5.41 Å². The molecule has 0 radical (unpaired) electrons. The van der Waals surface area contributed by atoms with Crippen molar-refractivity contribution in [3.05, 3.63) is 47.8 Å². The average Bonchev–Trinajstić information content (AvgIpc) is 3.00. The number of rotatable bonds is 1. The van der Waals surface area contributed by atoms with Gasteiger partial charge in [0.1, 0.15) is 0 Å². The van der Waals surface area contributed by atoms with E-state index >= 15 is 0 Å².